The first-order valence-electron chi connectivity index (χ1n) is 9.30. The Bertz CT molecular complexity index is 592. The Kier molecular flexibility index (Phi) is 5.72. The second kappa shape index (κ2) is 7.97. The van der Waals surface area contributed by atoms with Gasteiger partial charge in [-0.05, 0) is 52.1 Å². The quantitative estimate of drug-likeness (QED) is 0.796. The first-order chi connectivity index (χ1) is 11.6. The summed E-state index contributed by atoms with van der Waals surface area (Å²) in [6.45, 7) is 9.94. The minimum atomic E-state index is 0.219. The number of hydrogen-bond donors (Lipinski definition) is 0. The van der Waals surface area contributed by atoms with Crippen molar-refractivity contribution in [3.63, 3.8) is 0 Å². The summed E-state index contributed by atoms with van der Waals surface area (Å²) in [5, 5.41) is 4.54. The summed E-state index contributed by atoms with van der Waals surface area (Å²) in [7, 11) is 0. The van der Waals surface area contributed by atoms with Crippen molar-refractivity contribution in [2.45, 2.75) is 46.1 Å². The van der Waals surface area contributed by atoms with Crippen LogP contribution in [0.5, 0.6) is 0 Å². The fraction of sp³-hybridized carbons (Fsp3) is 0.684. The maximum Gasteiger partial charge on any atom is 0.226 e. The van der Waals surface area contributed by atoms with Gasteiger partial charge in [-0.1, -0.05) is 12.2 Å². The summed E-state index contributed by atoms with van der Waals surface area (Å²) < 4.78 is 2.09. The predicted octanol–water partition coefficient (Wildman–Crippen LogP) is 2.39. The molecular weight excluding hydrogens is 300 g/mol. The molecule has 1 saturated heterocycles. The van der Waals surface area contributed by atoms with E-state index in [9.17, 15) is 4.79 Å². The third-order valence-corrected chi connectivity index (χ3v) is 5.25. The molecule has 0 saturated carbocycles. The van der Waals surface area contributed by atoms with Gasteiger partial charge in [0, 0.05) is 37.8 Å². The molecule has 1 atom stereocenters. The number of allylic oxidation sites excluding steroid dienone is 2. The summed E-state index contributed by atoms with van der Waals surface area (Å²) >= 11 is 0. The second-order valence-electron chi connectivity index (χ2n) is 7.15. The van der Waals surface area contributed by atoms with Crippen LogP contribution in [-0.4, -0.2) is 58.2 Å². The molecular formula is C19H30N4O. The molecule has 1 aromatic rings. The van der Waals surface area contributed by atoms with Crippen molar-refractivity contribution in [1.82, 2.24) is 19.6 Å². The number of aromatic nitrogens is 2. The third-order valence-electron chi connectivity index (χ3n) is 5.25. The maximum absolute atomic E-state index is 12.7. The Hall–Kier alpha value is -1.62. The van der Waals surface area contributed by atoms with Gasteiger partial charge in [0.2, 0.25) is 5.91 Å². The number of amides is 1. The molecule has 2 heterocycles. The monoisotopic (exact) mass is 330 g/mol. The molecule has 0 spiro atoms. The highest BCUT2D eigenvalue weighted by atomic mass is 16.2. The highest BCUT2D eigenvalue weighted by Crippen LogP contribution is 2.21. The van der Waals surface area contributed by atoms with E-state index in [1.165, 1.54) is 5.69 Å². The molecule has 132 valence electrons. The highest BCUT2D eigenvalue weighted by Gasteiger charge is 2.26. The second-order valence-corrected chi connectivity index (χ2v) is 7.15. The summed E-state index contributed by atoms with van der Waals surface area (Å²) in [6, 6.07) is 2.13. The first-order valence-corrected chi connectivity index (χ1v) is 9.30. The zero-order valence-electron chi connectivity index (χ0n) is 15.1. The molecule has 0 aromatic carbocycles. The topological polar surface area (TPSA) is 41.4 Å². The first kappa shape index (κ1) is 17.2. The SMILES string of the molecule is Cc1cc(C)n(CCN2CCCN(C(=O)C3CC=CCC3)CC2)n1. The van der Waals surface area contributed by atoms with Gasteiger partial charge in [-0.25, -0.2) is 0 Å². The molecule has 24 heavy (non-hydrogen) atoms. The molecule has 1 unspecified atom stereocenters. The van der Waals surface area contributed by atoms with Crippen LogP contribution in [0.1, 0.15) is 37.1 Å². The van der Waals surface area contributed by atoms with Gasteiger partial charge in [-0.2, -0.15) is 5.10 Å². The van der Waals surface area contributed by atoms with Crippen molar-refractivity contribution in [3.05, 3.63) is 29.6 Å². The van der Waals surface area contributed by atoms with Gasteiger partial charge in [0.1, 0.15) is 0 Å². The van der Waals surface area contributed by atoms with Crippen molar-refractivity contribution < 1.29 is 4.79 Å². The lowest BCUT2D eigenvalue weighted by atomic mass is 9.93. The average molecular weight is 330 g/mol. The number of hydrogen-bond acceptors (Lipinski definition) is 3. The van der Waals surface area contributed by atoms with E-state index in [-0.39, 0.29) is 5.92 Å². The van der Waals surface area contributed by atoms with Crippen LogP contribution in [0.15, 0.2) is 18.2 Å². The van der Waals surface area contributed by atoms with Crippen molar-refractivity contribution in [3.8, 4) is 0 Å². The minimum absolute atomic E-state index is 0.219. The molecule has 3 rings (SSSR count). The van der Waals surface area contributed by atoms with Crippen LogP contribution in [0.2, 0.25) is 0 Å². The fourth-order valence-electron chi connectivity index (χ4n) is 3.83. The minimum Gasteiger partial charge on any atom is -0.341 e. The van der Waals surface area contributed by atoms with E-state index >= 15 is 0 Å². The van der Waals surface area contributed by atoms with Crippen molar-refractivity contribution in [2.75, 3.05) is 32.7 Å². The van der Waals surface area contributed by atoms with E-state index in [0.29, 0.717) is 5.91 Å². The van der Waals surface area contributed by atoms with E-state index in [2.05, 4.69) is 44.7 Å². The molecule has 1 aliphatic carbocycles. The van der Waals surface area contributed by atoms with Gasteiger partial charge in [0.15, 0.2) is 0 Å². The molecule has 0 radical (unpaired) electrons. The lowest BCUT2D eigenvalue weighted by Gasteiger charge is -2.27. The van der Waals surface area contributed by atoms with Crippen LogP contribution in [0.25, 0.3) is 0 Å². The van der Waals surface area contributed by atoms with E-state index in [1.807, 2.05) is 6.92 Å². The molecule has 0 N–H and O–H groups in total. The molecule has 1 aromatic heterocycles. The van der Waals surface area contributed by atoms with Crippen LogP contribution in [-0.2, 0) is 11.3 Å². The van der Waals surface area contributed by atoms with Crippen LogP contribution >= 0.6 is 0 Å². The Morgan fingerprint density at radius 3 is 2.75 bits per heavy atom. The highest BCUT2D eigenvalue weighted by molar-refractivity contribution is 5.79. The molecule has 5 nitrogen and oxygen atoms in total. The molecule has 1 fully saturated rings. The van der Waals surface area contributed by atoms with Gasteiger partial charge in [-0.3, -0.25) is 14.4 Å². The Balaban J connectivity index is 1.48. The number of aryl methyl sites for hydroxylation is 2. The van der Waals surface area contributed by atoms with E-state index in [1.54, 1.807) is 0 Å². The third kappa shape index (κ3) is 4.26. The van der Waals surface area contributed by atoms with Gasteiger partial charge < -0.3 is 4.90 Å². The lowest BCUT2D eigenvalue weighted by Crippen LogP contribution is -2.39. The Morgan fingerprint density at radius 1 is 1.17 bits per heavy atom. The van der Waals surface area contributed by atoms with Crippen molar-refractivity contribution in [2.24, 2.45) is 5.92 Å². The number of rotatable bonds is 4. The van der Waals surface area contributed by atoms with E-state index in [0.717, 1.165) is 70.6 Å². The molecule has 2 aliphatic rings. The summed E-state index contributed by atoms with van der Waals surface area (Å²) in [5.41, 5.74) is 2.31. The predicted molar refractivity (Wildman–Crippen MR) is 95.8 cm³/mol. The van der Waals surface area contributed by atoms with Gasteiger partial charge >= 0.3 is 0 Å². The number of carbonyl (C=O) groups excluding carboxylic acids is 1. The average Bonchev–Trinajstić information content (AvgIpc) is 2.78. The van der Waals surface area contributed by atoms with E-state index in [4.69, 9.17) is 0 Å². The molecule has 1 aliphatic heterocycles. The zero-order chi connectivity index (χ0) is 16.9. The van der Waals surface area contributed by atoms with Crippen LogP contribution in [0.4, 0.5) is 0 Å². The molecule has 1 amide bonds. The van der Waals surface area contributed by atoms with Crippen molar-refractivity contribution >= 4 is 5.91 Å². The van der Waals surface area contributed by atoms with Crippen LogP contribution in [0.3, 0.4) is 0 Å². The van der Waals surface area contributed by atoms with Crippen molar-refractivity contribution in [1.29, 1.82) is 0 Å². The molecule has 0 bridgehead atoms. The molecule has 5 heteroatoms. The largest absolute Gasteiger partial charge is 0.341 e. The zero-order valence-corrected chi connectivity index (χ0v) is 15.1. The summed E-state index contributed by atoms with van der Waals surface area (Å²) in [4.78, 5) is 17.3. The van der Waals surface area contributed by atoms with E-state index < -0.39 is 0 Å². The number of carbonyl (C=O) groups is 1. The lowest BCUT2D eigenvalue weighted by molar-refractivity contribution is -0.135. The Labute approximate surface area is 145 Å². The van der Waals surface area contributed by atoms with Gasteiger partial charge in [0.05, 0.1) is 12.2 Å². The standard InChI is InChI=1S/C19H30N4O/c1-16-15-17(2)23(20-16)14-12-21-9-6-10-22(13-11-21)19(24)18-7-4-3-5-8-18/h3-4,15,18H,5-14H2,1-2H3. The normalized spacial score (nSPS) is 22.6. The fourth-order valence-corrected chi connectivity index (χ4v) is 3.83. The summed E-state index contributed by atoms with van der Waals surface area (Å²) in [6.07, 6.45) is 8.45. The smallest absolute Gasteiger partial charge is 0.226 e. The summed E-state index contributed by atoms with van der Waals surface area (Å²) in [5.74, 6) is 0.594. The van der Waals surface area contributed by atoms with Gasteiger partial charge in [-0.15, -0.1) is 0 Å². The van der Waals surface area contributed by atoms with Crippen LogP contribution < -0.4 is 0 Å². The Morgan fingerprint density at radius 2 is 2.04 bits per heavy atom. The van der Waals surface area contributed by atoms with Crippen LogP contribution in [0, 0.1) is 19.8 Å². The van der Waals surface area contributed by atoms with Gasteiger partial charge in [0.25, 0.3) is 0 Å². The maximum atomic E-state index is 12.7. The number of nitrogens with zero attached hydrogens (tertiary/aromatic N) is 4.